The summed E-state index contributed by atoms with van der Waals surface area (Å²) < 4.78 is 0. The summed E-state index contributed by atoms with van der Waals surface area (Å²) in [6.45, 7) is 0.892. The lowest BCUT2D eigenvalue weighted by Crippen LogP contribution is -2.05. The molecular formula is C5H8N2O. The molecule has 1 aliphatic heterocycles. The van der Waals surface area contributed by atoms with Gasteiger partial charge >= 0.3 is 0 Å². The van der Waals surface area contributed by atoms with Gasteiger partial charge in [0.2, 0.25) is 5.91 Å². The van der Waals surface area contributed by atoms with E-state index in [9.17, 15) is 4.79 Å². The van der Waals surface area contributed by atoms with Crippen molar-refractivity contribution in [2.24, 2.45) is 5.73 Å². The topological polar surface area (TPSA) is 46.1 Å². The molecule has 0 aromatic rings. The van der Waals surface area contributed by atoms with Crippen LogP contribution in [0.5, 0.6) is 0 Å². The first-order valence-corrected chi connectivity index (χ1v) is 2.41. The fourth-order valence-corrected chi connectivity index (χ4v) is 0.528. The normalized spacial score (nSPS) is 21.6. The molecule has 0 saturated carbocycles. The Morgan fingerprint density at radius 2 is 2.50 bits per heavy atom. The van der Waals surface area contributed by atoms with Gasteiger partial charge in [0.15, 0.2) is 0 Å². The minimum atomic E-state index is -0.357. The number of likely N-dealkylation sites (N-methyl/N-ethyl adjacent to an activating group) is 1. The summed E-state index contributed by atoms with van der Waals surface area (Å²) in [4.78, 5) is 12.1. The van der Waals surface area contributed by atoms with E-state index in [2.05, 4.69) is 0 Å². The van der Waals surface area contributed by atoms with Crippen LogP contribution in [0.25, 0.3) is 0 Å². The van der Waals surface area contributed by atoms with Crippen molar-refractivity contribution < 1.29 is 4.79 Å². The molecule has 44 valence electrons. The third kappa shape index (κ3) is 0.992. The lowest BCUT2D eigenvalue weighted by atomic mass is 10.5. The van der Waals surface area contributed by atoms with Gasteiger partial charge in [0.25, 0.3) is 0 Å². The maximum atomic E-state index is 10.1. The molecule has 0 spiro atoms. The maximum Gasteiger partial charge on any atom is 0.243 e. The number of primary amides is 1. The molecule has 0 aromatic carbocycles. The molecule has 0 radical (unpaired) electrons. The lowest BCUT2D eigenvalue weighted by molar-refractivity contribution is -0.113. The number of amides is 1. The zero-order chi connectivity index (χ0) is 6.15. The van der Waals surface area contributed by atoms with E-state index < -0.39 is 0 Å². The highest BCUT2D eigenvalue weighted by atomic mass is 16.1. The Morgan fingerprint density at radius 3 is 2.62 bits per heavy atom. The Kier molecular flexibility index (Phi) is 0.970. The van der Waals surface area contributed by atoms with Crippen LogP contribution in [-0.2, 0) is 4.79 Å². The van der Waals surface area contributed by atoms with Gasteiger partial charge in [-0.15, -0.1) is 0 Å². The molecule has 1 rings (SSSR count). The van der Waals surface area contributed by atoms with Gasteiger partial charge < -0.3 is 10.6 Å². The molecule has 3 nitrogen and oxygen atoms in total. The van der Waals surface area contributed by atoms with E-state index in [1.54, 1.807) is 0 Å². The van der Waals surface area contributed by atoms with Crippen molar-refractivity contribution in [2.75, 3.05) is 13.6 Å². The van der Waals surface area contributed by atoms with Crippen LogP contribution in [0.15, 0.2) is 11.8 Å². The second-order valence-electron chi connectivity index (χ2n) is 1.89. The van der Waals surface area contributed by atoms with E-state index >= 15 is 0 Å². The van der Waals surface area contributed by atoms with Crippen molar-refractivity contribution in [3.63, 3.8) is 0 Å². The van der Waals surface area contributed by atoms with Crippen molar-refractivity contribution in [3.05, 3.63) is 11.8 Å². The second-order valence-corrected chi connectivity index (χ2v) is 1.89. The van der Waals surface area contributed by atoms with Gasteiger partial charge in [0, 0.05) is 18.8 Å². The first-order valence-electron chi connectivity index (χ1n) is 2.41. The van der Waals surface area contributed by atoms with Gasteiger partial charge in [0.05, 0.1) is 6.54 Å². The molecule has 0 atom stereocenters. The van der Waals surface area contributed by atoms with Crippen molar-refractivity contribution in [3.8, 4) is 0 Å². The van der Waals surface area contributed by atoms with E-state index in [-0.39, 0.29) is 5.91 Å². The Balaban J connectivity index is 2.47. The zero-order valence-corrected chi connectivity index (χ0v) is 4.72. The fraction of sp³-hybridized carbons (Fsp3) is 0.400. The van der Waals surface area contributed by atoms with E-state index in [0.717, 1.165) is 12.2 Å². The molecule has 1 heterocycles. The number of hydrogen-bond acceptors (Lipinski definition) is 2. The summed E-state index contributed by atoms with van der Waals surface area (Å²) in [5, 5.41) is 0. The number of nitrogens with zero attached hydrogens (tertiary/aromatic N) is 1. The highest BCUT2D eigenvalue weighted by Gasteiger charge is 2.19. The van der Waals surface area contributed by atoms with Crippen molar-refractivity contribution in [2.45, 2.75) is 0 Å². The van der Waals surface area contributed by atoms with Crippen LogP contribution in [-0.4, -0.2) is 24.4 Å². The average molecular weight is 112 g/mol. The van der Waals surface area contributed by atoms with Crippen molar-refractivity contribution in [1.82, 2.24) is 4.90 Å². The fourth-order valence-electron chi connectivity index (χ4n) is 0.528. The number of nitrogens with two attached hydrogens (primary N) is 1. The summed E-state index contributed by atoms with van der Waals surface area (Å²) in [6, 6.07) is 0. The summed E-state index contributed by atoms with van der Waals surface area (Å²) in [5.41, 5.74) is 5.88. The van der Waals surface area contributed by atoms with Crippen LogP contribution in [0, 0.1) is 0 Å². The quantitative estimate of drug-likeness (QED) is 0.360. The molecule has 3 heteroatoms. The van der Waals surface area contributed by atoms with E-state index in [1.165, 1.54) is 6.08 Å². The molecule has 1 saturated heterocycles. The van der Waals surface area contributed by atoms with Gasteiger partial charge in [-0.05, 0) is 0 Å². The molecule has 1 aliphatic rings. The highest BCUT2D eigenvalue weighted by molar-refractivity contribution is 5.87. The minimum Gasteiger partial charge on any atom is -0.370 e. The molecule has 0 bridgehead atoms. The first-order chi connectivity index (χ1) is 3.70. The third-order valence-electron chi connectivity index (χ3n) is 1.09. The summed E-state index contributed by atoms with van der Waals surface area (Å²) in [5.74, 6) is -0.357. The summed E-state index contributed by atoms with van der Waals surface area (Å²) >= 11 is 0. The van der Waals surface area contributed by atoms with Crippen LogP contribution in [0.4, 0.5) is 0 Å². The molecule has 0 aromatic heterocycles. The largest absolute Gasteiger partial charge is 0.370 e. The predicted octanol–water partition coefficient (Wildman–Crippen LogP) is -0.699. The molecule has 2 N–H and O–H groups in total. The Bertz CT molecular complexity index is 151. The summed E-state index contributed by atoms with van der Waals surface area (Å²) in [6.07, 6.45) is 1.44. The SMILES string of the molecule is CN1C/C1=C\C(N)=O. The van der Waals surface area contributed by atoms with Crippen LogP contribution in [0.1, 0.15) is 0 Å². The van der Waals surface area contributed by atoms with Crippen LogP contribution >= 0.6 is 0 Å². The summed E-state index contributed by atoms with van der Waals surface area (Å²) in [7, 11) is 1.91. The van der Waals surface area contributed by atoms with Gasteiger partial charge in [-0.2, -0.15) is 0 Å². The zero-order valence-electron chi connectivity index (χ0n) is 4.72. The lowest BCUT2D eigenvalue weighted by Gasteiger charge is -1.79. The molecular weight excluding hydrogens is 104 g/mol. The Labute approximate surface area is 47.8 Å². The number of carbonyl (C=O) groups is 1. The van der Waals surface area contributed by atoms with Gasteiger partial charge in [-0.25, -0.2) is 0 Å². The van der Waals surface area contributed by atoms with Gasteiger partial charge in [-0.1, -0.05) is 0 Å². The first kappa shape index (κ1) is 5.15. The van der Waals surface area contributed by atoms with E-state index in [0.29, 0.717) is 0 Å². The third-order valence-corrected chi connectivity index (χ3v) is 1.09. The standard InChI is InChI=1S/C5H8N2O/c1-7-3-4(7)2-5(6)8/h2H,3H2,1H3,(H2,6,8)/b4-2+. The smallest absolute Gasteiger partial charge is 0.243 e. The number of rotatable bonds is 1. The van der Waals surface area contributed by atoms with E-state index in [4.69, 9.17) is 5.73 Å². The predicted molar refractivity (Wildman–Crippen MR) is 29.9 cm³/mol. The Hall–Kier alpha value is -0.990. The van der Waals surface area contributed by atoms with Crippen molar-refractivity contribution in [1.29, 1.82) is 0 Å². The van der Waals surface area contributed by atoms with E-state index in [1.807, 2.05) is 11.9 Å². The number of carbonyl (C=O) groups excluding carboxylic acids is 1. The monoisotopic (exact) mass is 112 g/mol. The highest BCUT2D eigenvalue weighted by Crippen LogP contribution is 2.16. The molecule has 0 unspecified atom stereocenters. The molecule has 1 amide bonds. The average Bonchev–Trinajstić information content (AvgIpc) is 2.17. The second kappa shape index (κ2) is 1.51. The van der Waals surface area contributed by atoms with Crippen LogP contribution in [0.3, 0.4) is 0 Å². The number of hydrogen-bond donors (Lipinski definition) is 1. The van der Waals surface area contributed by atoms with Crippen LogP contribution < -0.4 is 5.73 Å². The maximum absolute atomic E-state index is 10.1. The minimum absolute atomic E-state index is 0.357. The van der Waals surface area contributed by atoms with Gasteiger partial charge in [0.1, 0.15) is 0 Å². The molecule has 8 heavy (non-hydrogen) atoms. The molecule has 1 fully saturated rings. The van der Waals surface area contributed by atoms with Gasteiger partial charge in [-0.3, -0.25) is 4.79 Å². The van der Waals surface area contributed by atoms with Crippen LogP contribution in [0.2, 0.25) is 0 Å². The Morgan fingerprint density at radius 1 is 2.00 bits per heavy atom. The molecule has 0 aliphatic carbocycles. The van der Waals surface area contributed by atoms with Crippen molar-refractivity contribution >= 4 is 5.91 Å².